The first-order valence-electron chi connectivity index (χ1n) is 22.3. The van der Waals surface area contributed by atoms with Gasteiger partial charge in [0.25, 0.3) is 0 Å². The number of ether oxygens (including phenoxy) is 11. The second kappa shape index (κ2) is 23.3. The lowest BCUT2D eigenvalue weighted by atomic mass is 9.76. The van der Waals surface area contributed by atoms with Gasteiger partial charge in [0.15, 0.2) is 43.2 Å². The number of nitrogens with two attached hydrogens (primary N) is 1. The van der Waals surface area contributed by atoms with Crippen LogP contribution in [0, 0.1) is 0 Å². The Morgan fingerprint density at radius 3 is 1.71 bits per heavy atom. The lowest BCUT2D eigenvalue weighted by Crippen LogP contribution is -2.78. The lowest BCUT2D eigenvalue weighted by molar-refractivity contribution is -0.428. The van der Waals surface area contributed by atoms with Gasteiger partial charge < -0.3 is 145 Å². The van der Waals surface area contributed by atoms with Crippen LogP contribution in [0.5, 0.6) is 0 Å². The summed E-state index contributed by atoms with van der Waals surface area (Å²) in [5, 5.41) is 187. The van der Waals surface area contributed by atoms with Gasteiger partial charge in [-0.2, -0.15) is 0 Å². The monoisotopic (exact) mass is 1010 g/mol. The summed E-state index contributed by atoms with van der Waals surface area (Å²) in [7, 11) is 0. The summed E-state index contributed by atoms with van der Waals surface area (Å²) in [6.45, 7) is 1.97. The van der Waals surface area contributed by atoms with Crippen molar-refractivity contribution >= 4 is 5.97 Å². The fourth-order valence-electron chi connectivity index (χ4n) is 8.99. The quantitative estimate of drug-likeness (QED) is 0.0638. The first-order valence-corrected chi connectivity index (χ1v) is 22.3. The van der Waals surface area contributed by atoms with Crippen molar-refractivity contribution in [3.63, 3.8) is 0 Å². The van der Waals surface area contributed by atoms with E-state index in [1.54, 1.807) is 0 Å². The van der Waals surface area contributed by atoms with E-state index in [1.807, 2.05) is 0 Å². The van der Waals surface area contributed by atoms with Gasteiger partial charge in [-0.15, -0.1) is 0 Å². The molecule has 0 saturated carbocycles. The Labute approximate surface area is 392 Å². The third-order valence-corrected chi connectivity index (χ3v) is 13.3. The smallest absolute Gasteiger partial charge is 0.335 e. The maximum Gasteiger partial charge on any atom is 0.335 e. The Balaban J connectivity index is 1.34. The van der Waals surface area contributed by atoms with Crippen LogP contribution in [0.15, 0.2) is 0 Å². The molecule has 6 aliphatic heterocycles. The SMILES string of the molecule is CC1O[C@H](O[C@@H]2C(CO)O[C@@H](O[C@H]3[C@@H](O)C(C)O[C@@H](O[C@@H]4C(O)[C@H](OCCCN)OC(C)[C@@H]4O)C3(O)[C@H]3OC(CO[C@H]4OC(C(=O)O)[C@@H](O)[C@H](O)C4O)[C@@H](O)[C@H](O)C3O)C(O)[C@H]2O)C(O)[C@@H](O)[C@H]1O. The molecule has 0 bridgehead atoms. The van der Waals surface area contributed by atoms with E-state index in [-0.39, 0.29) is 13.2 Å². The first kappa shape index (κ1) is 56.6. The third-order valence-electron chi connectivity index (χ3n) is 13.3. The van der Waals surface area contributed by atoms with E-state index in [1.165, 1.54) is 20.8 Å². The molecular weight excluding hydrogens is 946 g/mol. The molecule has 0 aromatic heterocycles. The van der Waals surface area contributed by atoms with Crippen molar-refractivity contribution in [3.8, 4) is 0 Å². The average Bonchev–Trinajstić information content (AvgIpc) is 3.31. The van der Waals surface area contributed by atoms with Gasteiger partial charge in [0, 0.05) is 0 Å². The number of carboxylic acids is 1. The molecular formula is C39H67NO29. The molecule has 30 heteroatoms. The topological polar surface area (TPSA) is 489 Å². The van der Waals surface area contributed by atoms with Crippen LogP contribution in [0.3, 0.4) is 0 Å². The maximum atomic E-state index is 13.2. The maximum absolute atomic E-state index is 13.2. The van der Waals surface area contributed by atoms with Crippen molar-refractivity contribution in [2.75, 3.05) is 26.4 Å². The lowest BCUT2D eigenvalue weighted by Gasteiger charge is -2.57. The van der Waals surface area contributed by atoms with Crippen molar-refractivity contribution in [1.29, 1.82) is 0 Å². The molecule has 0 radical (unpaired) electrons. The second-order valence-electron chi connectivity index (χ2n) is 18.0. The van der Waals surface area contributed by atoms with E-state index in [2.05, 4.69) is 0 Å². The molecule has 6 rings (SSSR count). The van der Waals surface area contributed by atoms with E-state index < -0.39 is 203 Å². The van der Waals surface area contributed by atoms with Crippen molar-refractivity contribution < 1.29 is 144 Å². The molecule has 0 amide bonds. The van der Waals surface area contributed by atoms with E-state index in [0.717, 1.165) is 0 Å². The zero-order chi connectivity index (χ0) is 51.1. The van der Waals surface area contributed by atoms with E-state index in [0.29, 0.717) is 6.42 Å². The fourth-order valence-corrected chi connectivity index (χ4v) is 8.99. The molecule has 6 saturated heterocycles. The molecule has 19 N–H and O–H groups in total. The Bertz CT molecular complexity index is 1640. The van der Waals surface area contributed by atoms with E-state index in [9.17, 15) is 91.6 Å². The van der Waals surface area contributed by atoms with Crippen molar-refractivity contribution in [2.24, 2.45) is 5.73 Å². The third kappa shape index (κ3) is 11.2. The molecule has 0 spiro atoms. The highest BCUT2D eigenvalue weighted by Gasteiger charge is 2.67. The van der Waals surface area contributed by atoms with Gasteiger partial charge in [0.1, 0.15) is 122 Å². The Morgan fingerprint density at radius 1 is 0.522 bits per heavy atom. The number of carbonyl (C=O) groups is 1. The Kier molecular flexibility index (Phi) is 19.1. The Morgan fingerprint density at radius 2 is 1.07 bits per heavy atom. The summed E-state index contributed by atoms with van der Waals surface area (Å²) in [5.74, 6) is -1.78. The number of aliphatic hydroxyl groups is 16. The summed E-state index contributed by atoms with van der Waals surface area (Å²) in [6.07, 6.45) is -56.8. The standard InChI is InChI=1S/C39H67NO29/c1-9-14(42)18(46)25(53)36(62-9)66-28-12(7-41)65-37(26(54)22(28)50)69-31-16(44)11(3)63-38(68-29-15(43)10(2)61-35(27(29)55)59-6-4-5-40)39(31,58)32-23(51)19(47)17(45)13(64-32)8-60-34-24(52)20(48)21(49)30(67-34)33(56)57/h9-32,34-38,41-55,58H,4-8,40H2,1-3H3,(H,56,57)/t9?,10?,11?,12?,13?,14-,15-,16-,17+,18-,19-,20-,21-,22+,23?,24?,25?,26?,27?,28+,29-,30?,31-,32-,34-,35+,36+,37-,38-,39?/m0/s1. The molecule has 0 aromatic rings. The second-order valence-corrected chi connectivity index (χ2v) is 18.0. The number of aliphatic carboxylic acids is 1. The van der Waals surface area contributed by atoms with E-state index >= 15 is 0 Å². The van der Waals surface area contributed by atoms with Crippen LogP contribution in [0.1, 0.15) is 27.2 Å². The molecule has 30 atom stereocenters. The number of aliphatic hydroxyl groups excluding tert-OH is 15. The van der Waals surface area contributed by atoms with Crippen LogP contribution >= 0.6 is 0 Å². The van der Waals surface area contributed by atoms with Crippen LogP contribution in [-0.4, -0.2) is 303 Å². The zero-order valence-corrected chi connectivity index (χ0v) is 37.4. The normalized spacial score (nSPS) is 53.2. The predicted octanol–water partition coefficient (Wildman–Crippen LogP) is -11.2. The summed E-state index contributed by atoms with van der Waals surface area (Å²) in [4.78, 5) is 11.7. The van der Waals surface area contributed by atoms with Gasteiger partial charge >= 0.3 is 5.97 Å². The van der Waals surface area contributed by atoms with Crippen LogP contribution in [0.25, 0.3) is 0 Å². The van der Waals surface area contributed by atoms with Gasteiger partial charge in [-0.05, 0) is 33.7 Å². The molecule has 6 heterocycles. The number of carboxylic acid groups (broad SMARTS) is 1. The molecule has 6 aliphatic rings. The van der Waals surface area contributed by atoms with Crippen LogP contribution < -0.4 is 5.73 Å². The molecule has 6 fully saturated rings. The highest BCUT2D eigenvalue weighted by molar-refractivity contribution is 5.73. The fraction of sp³-hybridized carbons (Fsp3) is 0.974. The molecule has 69 heavy (non-hydrogen) atoms. The predicted molar refractivity (Wildman–Crippen MR) is 213 cm³/mol. The van der Waals surface area contributed by atoms with Crippen molar-refractivity contribution in [3.05, 3.63) is 0 Å². The highest BCUT2D eigenvalue weighted by atomic mass is 16.8. The van der Waals surface area contributed by atoms with Crippen molar-refractivity contribution in [1.82, 2.24) is 0 Å². The summed E-state index contributed by atoms with van der Waals surface area (Å²) in [6, 6.07) is 0. The van der Waals surface area contributed by atoms with Crippen molar-refractivity contribution in [2.45, 2.75) is 211 Å². The molecule has 402 valence electrons. The number of hydrogen-bond acceptors (Lipinski definition) is 29. The summed E-state index contributed by atoms with van der Waals surface area (Å²) < 4.78 is 62.6. The minimum Gasteiger partial charge on any atom is -0.479 e. The number of rotatable bonds is 16. The Hall–Kier alpha value is -1.65. The molecule has 12 unspecified atom stereocenters. The largest absolute Gasteiger partial charge is 0.479 e. The van der Waals surface area contributed by atoms with Gasteiger partial charge in [-0.1, -0.05) is 0 Å². The van der Waals surface area contributed by atoms with Gasteiger partial charge in [-0.3, -0.25) is 0 Å². The van der Waals surface area contributed by atoms with Crippen LogP contribution in [0.4, 0.5) is 0 Å². The summed E-state index contributed by atoms with van der Waals surface area (Å²) >= 11 is 0. The average molecular weight is 1010 g/mol. The van der Waals surface area contributed by atoms with Crippen LogP contribution in [-0.2, 0) is 56.9 Å². The van der Waals surface area contributed by atoms with Gasteiger partial charge in [0.2, 0.25) is 0 Å². The minimum atomic E-state index is -3.33. The van der Waals surface area contributed by atoms with Crippen LogP contribution in [0.2, 0.25) is 0 Å². The van der Waals surface area contributed by atoms with Gasteiger partial charge in [-0.25, -0.2) is 4.79 Å². The molecule has 0 aliphatic carbocycles. The van der Waals surface area contributed by atoms with Gasteiger partial charge in [0.05, 0.1) is 38.1 Å². The zero-order valence-electron chi connectivity index (χ0n) is 37.4. The summed E-state index contributed by atoms with van der Waals surface area (Å²) in [5.41, 5.74) is 2.23. The van der Waals surface area contributed by atoms with E-state index in [4.69, 9.17) is 57.8 Å². The minimum absolute atomic E-state index is 0.0449. The molecule has 0 aromatic carbocycles. The first-order chi connectivity index (χ1) is 32.4. The molecule has 30 nitrogen and oxygen atoms in total. The number of hydrogen-bond donors (Lipinski definition) is 18. The highest BCUT2D eigenvalue weighted by Crippen LogP contribution is 2.44.